The summed E-state index contributed by atoms with van der Waals surface area (Å²) >= 11 is 0. The van der Waals surface area contributed by atoms with Gasteiger partial charge in [-0.1, -0.05) is 20.3 Å². The summed E-state index contributed by atoms with van der Waals surface area (Å²) in [6.45, 7) is 8.74. The van der Waals surface area contributed by atoms with E-state index in [2.05, 4.69) is 13.8 Å². The molecule has 0 aromatic heterocycles. The zero-order chi connectivity index (χ0) is 11.2. The van der Waals surface area contributed by atoms with Gasteiger partial charge in [-0.2, -0.15) is 0 Å². The molecule has 0 rings (SSSR count). The fourth-order valence-corrected chi connectivity index (χ4v) is 1.47. The van der Waals surface area contributed by atoms with Crippen molar-refractivity contribution in [3.63, 3.8) is 0 Å². The Morgan fingerprint density at radius 2 is 2.07 bits per heavy atom. The summed E-state index contributed by atoms with van der Waals surface area (Å²) in [6.07, 6.45) is 1.87. The van der Waals surface area contributed by atoms with Gasteiger partial charge in [0.1, 0.15) is 0 Å². The molecule has 2 unspecified atom stereocenters. The van der Waals surface area contributed by atoms with Gasteiger partial charge in [-0.15, -0.1) is 0 Å². The van der Waals surface area contributed by atoms with Crippen molar-refractivity contribution in [1.82, 2.24) is 0 Å². The zero-order valence-corrected chi connectivity index (χ0v) is 9.80. The van der Waals surface area contributed by atoms with Crippen LogP contribution in [0.3, 0.4) is 0 Å². The van der Waals surface area contributed by atoms with E-state index < -0.39 is 5.41 Å². The minimum atomic E-state index is -0.508. The molecule has 0 saturated heterocycles. The molecule has 14 heavy (non-hydrogen) atoms. The molecule has 0 aliphatic rings. The average Bonchev–Trinajstić information content (AvgIpc) is 2.17. The van der Waals surface area contributed by atoms with Crippen LogP contribution >= 0.6 is 0 Å². The van der Waals surface area contributed by atoms with Gasteiger partial charge in [0.15, 0.2) is 0 Å². The molecule has 3 nitrogen and oxygen atoms in total. The zero-order valence-electron chi connectivity index (χ0n) is 9.80. The Bertz CT molecular complexity index is 182. The predicted octanol–water partition coefficient (Wildman–Crippen LogP) is 1.95. The highest BCUT2D eigenvalue weighted by Crippen LogP contribution is 2.27. The van der Waals surface area contributed by atoms with Crippen molar-refractivity contribution in [3.05, 3.63) is 0 Å². The van der Waals surface area contributed by atoms with Crippen LogP contribution in [0.2, 0.25) is 0 Å². The molecular formula is C11H23NO2. The number of carbonyl (C=O) groups excluding carboxylic acids is 1. The Morgan fingerprint density at radius 1 is 1.50 bits per heavy atom. The van der Waals surface area contributed by atoms with Gasteiger partial charge in [-0.05, 0) is 26.2 Å². The van der Waals surface area contributed by atoms with Crippen molar-refractivity contribution in [2.24, 2.45) is 17.1 Å². The SMILES string of the molecule is CCOC(=O)C(C)(CN)CC(C)CC. The molecule has 84 valence electrons. The van der Waals surface area contributed by atoms with Crippen molar-refractivity contribution in [2.75, 3.05) is 13.2 Å². The summed E-state index contributed by atoms with van der Waals surface area (Å²) in [4.78, 5) is 11.6. The van der Waals surface area contributed by atoms with E-state index >= 15 is 0 Å². The van der Waals surface area contributed by atoms with E-state index in [1.807, 2.05) is 13.8 Å². The molecule has 0 amide bonds. The summed E-state index contributed by atoms with van der Waals surface area (Å²) in [5.74, 6) is 0.343. The quantitative estimate of drug-likeness (QED) is 0.668. The van der Waals surface area contributed by atoms with Crippen LogP contribution in [0.5, 0.6) is 0 Å². The smallest absolute Gasteiger partial charge is 0.313 e. The molecule has 0 bridgehead atoms. The Morgan fingerprint density at radius 3 is 2.43 bits per heavy atom. The lowest BCUT2D eigenvalue weighted by atomic mass is 9.81. The second-order valence-corrected chi connectivity index (χ2v) is 4.20. The highest BCUT2D eigenvalue weighted by atomic mass is 16.5. The number of esters is 1. The fraction of sp³-hybridized carbons (Fsp3) is 0.909. The highest BCUT2D eigenvalue weighted by molar-refractivity contribution is 5.76. The lowest BCUT2D eigenvalue weighted by Crippen LogP contribution is -2.38. The van der Waals surface area contributed by atoms with E-state index in [4.69, 9.17) is 10.5 Å². The summed E-state index contributed by atoms with van der Waals surface area (Å²) in [5, 5.41) is 0. The fourth-order valence-electron chi connectivity index (χ4n) is 1.47. The standard InChI is InChI=1S/C11H23NO2/c1-5-9(3)7-11(4,8-12)10(13)14-6-2/h9H,5-8,12H2,1-4H3. The van der Waals surface area contributed by atoms with Crippen LogP contribution in [0.1, 0.15) is 40.5 Å². The van der Waals surface area contributed by atoms with Gasteiger partial charge >= 0.3 is 5.97 Å². The van der Waals surface area contributed by atoms with Crippen molar-refractivity contribution in [3.8, 4) is 0 Å². The molecule has 0 fully saturated rings. The largest absolute Gasteiger partial charge is 0.466 e. The Balaban J connectivity index is 4.37. The van der Waals surface area contributed by atoms with E-state index in [0.717, 1.165) is 12.8 Å². The predicted molar refractivity (Wildman–Crippen MR) is 57.9 cm³/mol. The lowest BCUT2D eigenvalue weighted by molar-refractivity contribution is -0.154. The van der Waals surface area contributed by atoms with E-state index in [9.17, 15) is 4.79 Å². The van der Waals surface area contributed by atoms with Crippen LogP contribution in [-0.2, 0) is 9.53 Å². The monoisotopic (exact) mass is 201 g/mol. The molecule has 2 N–H and O–H groups in total. The molecule has 0 aromatic rings. The first-order chi connectivity index (χ1) is 6.50. The molecule has 2 atom stereocenters. The number of nitrogens with two attached hydrogens (primary N) is 1. The molecular weight excluding hydrogens is 178 g/mol. The maximum atomic E-state index is 11.6. The molecule has 0 heterocycles. The van der Waals surface area contributed by atoms with E-state index in [0.29, 0.717) is 19.1 Å². The van der Waals surface area contributed by atoms with Crippen LogP contribution in [0.25, 0.3) is 0 Å². The van der Waals surface area contributed by atoms with Gasteiger partial charge in [0.05, 0.1) is 12.0 Å². The molecule has 0 radical (unpaired) electrons. The molecule has 0 spiro atoms. The first kappa shape index (κ1) is 13.4. The summed E-state index contributed by atoms with van der Waals surface area (Å²) in [7, 11) is 0. The highest BCUT2D eigenvalue weighted by Gasteiger charge is 2.34. The number of carbonyl (C=O) groups is 1. The summed E-state index contributed by atoms with van der Waals surface area (Å²) in [5.41, 5.74) is 5.13. The van der Waals surface area contributed by atoms with Crippen LogP contribution < -0.4 is 5.73 Å². The minimum Gasteiger partial charge on any atom is -0.466 e. The minimum absolute atomic E-state index is 0.164. The van der Waals surface area contributed by atoms with Gasteiger partial charge < -0.3 is 10.5 Å². The summed E-state index contributed by atoms with van der Waals surface area (Å²) < 4.78 is 5.02. The van der Waals surface area contributed by atoms with Crippen molar-refractivity contribution in [1.29, 1.82) is 0 Å². The average molecular weight is 201 g/mol. The molecule has 0 aliphatic carbocycles. The van der Waals surface area contributed by atoms with Crippen LogP contribution in [-0.4, -0.2) is 19.1 Å². The van der Waals surface area contributed by atoms with Crippen molar-refractivity contribution >= 4 is 5.97 Å². The van der Waals surface area contributed by atoms with Gasteiger partial charge in [-0.3, -0.25) is 4.79 Å². The van der Waals surface area contributed by atoms with Crippen LogP contribution in [0, 0.1) is 11.3 Å². The Kier molecular flexibility index (Phi) is 5.77. The second kappa shape index (κ2) is 6.02. The number of rotatable bonds is 6. The molecule has 0 aromatic carbocycles. The van der Waals surface area contributed by atoms with Crippen LogP contribution in [0.15, 0.2) is 0 Å². The Labute approximate surface area is 87.0 Å². The van der Waals surface area contributed by atoms with Gasteiger partial charge in [0.2, 0.25) is 0 Å². The molecule has 3 heteroatoms. The van der Waals surface area contributed by atoms with E-state index in [1.54, 1.807) is 0 Å². The number of hydrogen-bond donors (Lipinski definition) is 1. The third kappa shape index (κ3) is 3.66. The van der Waals surface area contributed by atoms with E-state index in [-0.39, 0.29) is 5.97 Å². The third-order valence-electron chi connectivity index (χ3n) is 2.71. The third-order valence-corrected chi connectivity index (χ3v) is 2.71. The van der Waals surface area contributed by atoms with E-state index in [1.165, 1.54) is 0 Å². The Hall–Kier alpha value is -0.570. The van der Waals surface area contributed by atoms with Crippen molar-refractivity contribution < 1.29 is 9.53 Å². The second-order valence-electron chi connectivity index (χ2n) is 4.20. The molecule has 0 saturated carbocycles. The molecule has 0 aliphatic heterocycles. The van der Waals surface area contributed by atoms with Crippen molar-refractivity contribution in [2.45, 2.75) is 40.5 Å². The first-order valence-corrected chi connectivity index (χ1v) is 5.37. The topological polar surface area (TPSA) is 52.3 Å². The van der Waals surface area contributed by atoms with Crippen LogP contribution in [0.4, 0.5) is 0 Å². The van der Waals surface area contributed by atoms with Gasteiger partial charge in [0, 0.05) is 6.54 Å². The maximum Gasteiger partial charge on any atom is 0.313 e. The maximum absolute atomic E-state index is 11.6. The van der Waals surface area contributed by atoms with Gasteiger partial charge in [-0.25, -0.2) is 0 Å². The number of ether oxygens (including phenoxy) is 1. The summed E-state index contributed by atoms with van der Waals surface area (Å²) in [6, 6.07) is 0. The normalized spacial score (nSPS) is 17.2. The lowest BCUT2D eigenvalue weighted by Gasteiger charge is -2.28. The number of hydrogen-bond acceptors (Lipinski definition) is 3. The van der Waals surface area contributed by atoms with Gasteiger partial charge in [0.25, 0.3) is 0 Å². The first-order valence-electron chi connectivity index (χ1n) is 5.37.